The minimum atomic E-state index is 0. The van der Waals surface area contributed by atoms with E-state index in [0.717, 1.165) is 64.6 Å². The number of pyridine rings is 1. The molecule has 4 aromatic heterocycles. The molecule has 0 bridgehead atoms. The van der Waals surface area contributed by atoms with Crippen molar-refractivity contribution in [3.8, 4) is 10.6 Å². The second-order valence-electron chi connectivity index (χ2n) is 7.49. The molecule has 5 heterocycles. The number of unbranched alkanes of at least 4 members (excludes halogenated alkanes) is 1. The molecule has 1 aliphatic heterocycles. The minimum absolute atomic E-state index is 0. The number of Topliss-reactive ketones (excluding diaryl/α,β-unsaturated/α-hetero) is 1. The highest BCUT2D eigenvalue weighted by atomic mass is 32.1. The minimum Gasteiger partial charge on any atom is -0.361 e. The van der Waals surface area contributed by atoms with Crippen molar-refractivity contribution in [2.24, 2.45) is 0 Å². The van der Waals surface area contributed by atoms with E-state index in [1.807, 2.05) is 18.3 Å². The molecule has 0 fully saturated rings. The summed E-state index contributed by atoms with van der Waals surface area (Å²) in [6, 6.07) is 3.89. The van der Waals surface area contributed by atoms with Crippen LogP contribution in [0.1, 0.15) is 41.8 Å². The second kappa shape index (κ2) is 8.75. The third kappa shape index (κ3) is 4.08. The van der Waals surface area contributed by atoms with Gasteiger partial charge in [0.1, 0.15) is 22.1 Å². The van der Waals surface area contributed by atoms with E-state index in [1.165, 1.54) is 16.0 Å². The molecule has 30 heavy (non-hydrogen) atoms. The van der Waals surface area contributed by atoms with Crippen molar-refractivity contribution in [3.63, 3.8) is 0 Å². The van der Waals surface area contributed by atoms with Crippen LogP contribution in [0, 0.1) is 0 Å². The summed E-state index contributed by atoms with van der Waals surface area (Å²) in [6.07, 6.45) is 9.99. The summed E-state index contributed by atoms with van der Waals surface area (Å²) in [5, 5.41) is 8.19. The molecule has 8 heteroatoms. The van der Waals surface area contributed by atoms with Crippen molar-refractivity contribution < 1.29 is 10.7 Å². The summed E-state index contributed by atoms with van der Waals surface area (Å²) in [7, 11) is 0. The molecule has 0 unspecified atom stereocenters. The van der Waals surface area contributed by atoms with Crippen LogP contribution in [0.2, 0.25) is 0 Å². The number of carbonyl (C=O) groups is 1. The Morgan fingerprint density at radius 1 is 1.23 bits per heavy atom. The van der Waals surface area contributed by atoms with Crippen LogP contribution in [0.3, 0.4) is 0 Å². The molecule has 1 N–H and O–H groups in total. The summed E-state index contributed by atoms with van der Waals surface area (Å²) in [4.78, 5) is 24.3. The van der Waals surface area contributed by atoms with Crippen molar-refractivity contribution in [1.82, 2.24) is 20.4 Å². The van der Waals surface area contributed by atoms with E-state index in [1.54, 1.807) is 35.1 Å². The molecule has 156 valence electrons. The van der Waals surface area contributed by atoms with Crippen LogP contribution in [0.5, 0.6) is 0 Å². The normalized spacial score (nSPS) is 13.6. The lowest BCUT2D eigenvalue weighted by molar-refractivity contribution is -0.118. The fourth-order valence-electron chi connectivity index (χ4n) is 3.91. The number of thiophene rings is 1. The molecule has 0 atom stereocenters. The molecule has 0 amide bonds. The lowest BCUT2D eigenvalue weighted by Gasteiger charge is -2.13. The number of ketones is 1. The van der Waals surface area contributed by atoms with Gasteiger partial charge < -0.3 is 9.84 Å². The van der Waals surface area contributed by atoms with Crippen LogP contribution in [-0.4, -0.2) is 27.5 Å². The fraction of sp³-hybridized carbons (Fsp3) is 0.364. The predicted octanol–water partition coefficient (Wildman–Crippen LogP) is 4.82. The summed E-state index contributed by atoms with van der Waals surface area (Å²) in [5.41, 5.74) is 3.50. The highest BCUT2D eigenvalue weighted by molar-refractivity contribution is 7.22. The highest BCUT2D eigenvalue weighted by Crippen LogP contribution is 2.41. The van der Waals surface area contributed by atoms with Gasteiger partial charge in [-0.1, -0.05) is 5.16 Å². The fourth-order valence-corrected chi connectivity index (χ4v) is 6.36. The first-order valence-corrected chi connectivity index (χ1v) is 11.9. The third-order valence-electron chi connectivity index (χ3n) is 5.38. The Morgan fingerprint density at radius 2 is 2.20 bits per heavy atom. The Bertz CT molecular complexity index is 1140. The van der Waals surface area contributed by atoms with Crippen LogP contribution in [0.15, 0.2) is 35.2 Å². The number of hydrogen-bond donors (Lipinski definition) is 1. The SMILES string of the molecule is O=C(CCCCc1ccno1)Cc1sc2c(c1-c1nc3cnccc3s1)CCNC2.[HH]. The zero-order valence-corrected chi connectivity index (χ0v) is 18.2. The summed E-state index contributed by atoms with van der Waals surface area (Å²) in [6.45, 7) is 1.85. The van der Waals surface area contributed by atoms with Crippen LogP contribution in [-0.2, 0) is 30.6 Å². The molecule has 0 saturated carbocycles. The third-order valence-corrected chi connectivity index (χ3v) is 7.67. The van der Waals surface area contributed by atoms with Gasteiger partial charge in [0.2, 0.25) is 0 Å². The van der Waals surface area contributed by atoms with Crippen molar-refractivity contribution in [3.05, 3.63) is 51.8 Å². The topological polar surface area (TPSA) is 80.9 Å². The number of aryl methyl sites for hydroxylation is 1. The number of fused-ring (bicyclic) bond motifs is 2. The lowest BCUT2D eigenvalue weighted by atomic mass is 10.00. The Morgan fingerprint density at radius 3 is 3.07 bits per heavy atom. The quantitative estimate of drug-likeness (QED) is 0.396. The Hall–Kier alpha value is -2.42. The first kappa shape index (κ1) is 19.5. The Labute approximate surface area is 183 Å². The number of aromatic nitrogens is 3. The molecule has 1 aliphatic rings. The molecule has 0 aromatic carbocycles. The summed E-state index contributed by atoms with van der Waals surface area (Å²) < 4.78 is 6.26. The second-order valence-corrected chi connectivity index (χ2v) is 9.71. The van der Waals surface area contributed by atoms with E-state index >= 15 is 0 Å². The number of thiazole rings is 1. The molecule has 0 saturated heterocycles. The van der Waals surface area contributed by atoms with Gasteiger partial charge in [-0.2, -0.15) is 0 Å². The summed E-state index contributed by atoms with van der Waals surface area (Å²) >= 11 is 3.47. The van der Waals surface area contributed by atoms with E-state index in [-0.39, 0.29) is 1.43 Å². The van der Waals surface area contributed by atoms with Crippen molar-refractivity contribution in [2.75, 3.05) is 6.54 Å². The first-order chi connectivity index (χ1) is 14.8. The first-order valence-electron chi connectivity index (χ1n) is 10.2. The highest BCUT2D eigenvalue weighted by Gasteiger charge is 2.25. The van der Waals surface area contributed by atoms with Gasteiger partial charge in [0.25, 0.3) is 0 Å². The van der Waals surface area contributed by atoms with Crippen molar-refractivity contribution in [1.29, 1.82) is 0 Å². The van der Waals surface area contributed by atoms with Crippen LogP contribution < -0.4 is 5.32 Å². The van der Waals surface area contributed by atoms with E-state index in [9.17, 15) is 4.79 Å². The van der Waals surface area contributed by atoms with E-state index < -0.39 is 0 Å². The van der Waals surface area contributed by atoms with E-state index in [4.69, 9.17) is 9.51 Å². The largest absolute Gasteiger partial charge is 0.361 e. The molecule has 4 aromatic rings. The average Bonchev–Trinajstić information content (AvgIpc) is 3.48. The zero-order valence-electron chi connectivity index (χ0n) is 16.5. The molecular formula is C22H24N4O2S2. The lowest BCUT2D eigenvalue weighted by Crippen LogP contribution is -2.22. The zero-order chi connectivity index (χ0) is 20.3. The summed E-state index contributed by atoms with van der Waals surface area (Å²) in [5.74, 6) is 1.18. The maximum Gasteiger partial charge on any atom is 0.138 e. The van der Waals surface area contributed by atoms with Crippen molar-refractivity contribution >= 4 is 38.7 Å². The van der Waals surface area contributed by atoms with Crippen LogP contribution in [0.4, 0.5) is 0 Å². The maximum absolute atomic E-state index is 12.8. The van der Waals surface area contributed by atoms with Gasteiger partial charge in [-0.25, -0.2) is 4.98 Å². The van der Waals surface area contributed by atoms with Gasteiger partial charge in [0.05, 0.1) is 17.1 Å². The number of rotatable bonds is 8. The van der Waals surface area contributed by atoms with Crippen molar-refractivity contribution in [2.45, 2.75) is 45.1 Å². The van der Waals surface area contributed by atoms with Gasteiger partial charge >= 0.3 is 0 Å². The maximum atomic E-state index is 12.8. The molecule has 6 nitrogen and oxygen atoms in total. The van der Waals surface area contributed by atoms with Crippen LogP contribution in [0.25, 0.3) is 20.8 Å². The van der Waals surface area contributed by atoms with Gasteiger partial charge in [-0.3, -0.25) is 9.78 Å². The Balaban J connectivity index is 0.00000231. The predicted molar refractivity (Wildman–Crippen MR) is 121 cm³/mol. The van der Waals surface area contributed by atoms with Gasteiger partial charge in [0.15, 0.2) is 0 Å². The molecule has 0 spiro atoms. The number of nitrogens with one attached hydrogen (secondary N) is 1. The van der Waals surface area contributed by atoms with Crippen LogP contribution >= 0.6 is 22.7 Å². The molecule has 5 rings (SSSR count). The monoisotopic (exact) mass is 440 g/mol. The Kier molecular flexibility index (Phi) is 5.70. The molecule has 0 aliphatic carbocycles. The van der Waals surface area contributed by atoms with Gasteiger partial charge in [-0.15, -0.1) is 22.7 Å². The van der Waals surface area contributed by atoms with E-state index in [2.05, 4.69) is 15.5 Å². The van der Waals surface area contributed by atoms with Gasteiger partial charge in [0, 0.05) is 54.8 Å². The number of carbonyl (C=O) groups excluding carboxylic acids is 1. The van der Waals surface area contributed by atoms with Gasteiger partial charge in [-0.05, 0) is 37.4 Å². The average molecular weight is 441 g/mol. The molecule has 0 radical (unpaired) electrons. The standard InChI is InChI=1S/C22H22N4O2S2.H2/c27-14(3-1-2-4-15-5-10-25-28-15)11-19-21(16-6-8-24-13-20(16)29-19)22-26-17-12-23-9-7-18(17)30-22;/h5,7,9-10,12,24H,1-4,6,8,11,13H2;1H. The molecular weight excluding hydrogens is 416 g/mol. The smallest absolute Gasteiger partial charge is 0.138 e. The number of nitrogens with zero attached hydrogens (tertiary/aromatic N) is 3. The van der Waals surface area contributed by atoms with E-state index in [0.29, 0.717) is 18.6 Å². The number of hydrogen-bond acceptors (Lipinski definition) is 8.